The van der Waals surface area contributed by atoms with Crippen molar-refractivity contribution < 1.29 is 9.90 Å². The van der Waals surface area contributed by atoms with Crippen LogP contribution in [-0.2, 0) is 4.79 Å². The number of nitrogens with zero attached hydrogens (tertiary/aromatic N) is 1. The molecule has 0 spiro atoms. The highest BCUT2D eigenvalue weighted by atomic mass is 16.4. The summed E-state index contributed by atoms with van der Waals surface area (Å²) in [5.41, 5.74) is 3.81. The van der Waals surface area contributed by atoms with Gasteiger partial charge in [-0.3, -0.25) is 9.78 Å². The second kappa shape index (κ2) is 6.84. The minimum atomic E-state index is -0.792. The van der Waals surface area contributed by atoms with Crippen LogP contribution in [0.1, 0.15) is 31.2 Å². The fraction of sp³-hybridized carbons (Fsp3) is 0.222. The van der Waals surface area contributed by atoms with Gasteiger partial charge in [0.1, 0.15) is 0 Å². The van der Waals surface area contributed by atoms with Crippen molar-refractivity contribution >= 4 is 5.97 Å². The Bertz CT molecular complexity index is 635. The van der Waals surface area contributed by atoms with E-state index in [0.29, 0.717) is 12.8 Å². The maximum Gasteiger partial charge on any atom is 0.310 e. The fourth-order valence-electron chi connectivity index (χ4n) is 2.29. The Morgan fingerprint density at radius 3 is 2.67 bits per heavy atom. The third kappa shape index (κ3) is 4.02. The molecule has 0 saturated carbocycles. The van der Waals surface area contributed by atoms with Crippen LogP contribution < -0.4 is 0 Å². The third-order valence-electron chi connectivity index (χ3n) is 3.44. The Morgan fingerprint density at radius 2 is 2.05 bits per heavy atom. The van der Waals surface area contributed by atoms with Crippen LogP contribution in [-0.4, -0.2) is 16.1 Å². The van der Waals surface area contributed by atoms with Crippen LogP contribution in [0.2, 0.25) is 0 Å². The number of allylic oxidation sites excluding steroid dienone is 1. The lowest BCUT2D eigenvalue weighted by molar-refractivity contribution is -0.138. The van der Waals surface area contributed by atoms with E-state index in [9.17, 15) is 9.90 Å². The molecule has 0 aliphatic heterocycles. The number of hydrogen-bond donors (Lipinski definition) is 1. The first kappa shape index (κ1) is 15.0. The minimum absolute atomic E-state index is 0.502. The van der Waals surface area contributed by atoms with E-state index in [-0.39, 0.29) is 0 Å². The van der Waals surface area contributed by atoms with E-state index in [0.717, 1.165) is 22.3 Å². The molecule has 0 radical (unpaired) electrons. The largest absolute Gasteiger partial charge is 0.481 e. The number of hydrogen-bond acceptors (Lipinski definition) is 2. The predicted molar refractivity (Wildman–Crippen MR) is 84.1 cm³/mol. The summed E-state index contributed by atoms with van der Waals surface area (Å²) in [5, 5.41) is 9.46. The van der Waals surface area contributed by atoms with E-state index in [1.807, 2.05) is 43.3 Å². The second-order valence-corrected chi connectivity index (χ2v) is 5.25. The maximum atomic E-state index is 11.5. The molecule has 1 aromatic carbocycles. The molecular formula is C18H19NO2. The summed E-state index contributed by atoms with van der Waals surface area (Å²) in [6.07, 6.45) is 4.79. The van der Waals surface area contributed by atoms with Crippen LogP contribution in [0.25, 0.3) is 11.1 Å². The highest BCUT2D eigenvalue weighted by Gasteiger charge is 2.19. The lowest BCUT2D eigenvalue weighted by atomic mass is 9.91. The van der Waals surface area contributed by atoms with Crippen molar-refractivity contribution in [2.24, 2.45) is 0 Å². The summed E-state index contributed by atoms with van der Waals surface area (Å²) < 4.78 is 0. The lowest BCUT2D eigenvalue weighted by Crippen LogP contribution is -2.11. The molecule has 1 atom stereocenters. The van der Waals surface area contributed by atoms with E-state index in [1.54, 1.807) is 12.4 Å². The number of aliphatic carboxylic acids is 1. The van der Waals surface area contributed by atoms with Crippen LogP contribution >= 0.6 is 0 Å². The quantitative estimate of drug-likeness (QED) is 0.804. The van der Waals surface area contributed by atoms with Gasteiger partial charge < -0.3 is 5.11 Å². The molecule has 0 bridgehead atoms. The highest BCUT2D eigenvalue weighted by molar-refractivity contribution is 5.77. The monoisotopic (exact) mass is 281 g/mol. The van der Waals surface area contributed by atoms with Gasteiger partial charge in [-0.25, -0.2) is 0 Å². The van der Waals surface area contributed by atoms with E-state index < -0.39 is 11.9 Å². The number of carbonyl (C=O) groups is 1. The molecule has 3 heteroatoms. The normalized spacial score (nSPS) is 11.9. The SMILES string of the molecule is C=C(C)CC[C@H](C(=O)O)c1cccc(-c2cccnc2)c1. The van der Waals surface area contributed by atoms with Gasteiger partial charge in [0, 0.05) is 12.4 Å². The lowest BCUT2D eigenvalue weighted by Gasteiger charge is -2.14. The zero-order valence-electron chi connectivity index (χ0n) is 12.1. The molecule has 2 aromatic rings. The number of carboxylic acid groups (broad SMARTS) is 1. The van der Waals surface area contributed by atoms with Gasteiger partial charge in [0.2, 0.25) is 0 Å². The van der Waals surface area contributed by atoms with Crippen molar-refractivity contribution in [3.8, 4) is 11.1 Å². The molecule has 1 aromatic heterocycles. The molecule has 2 rings (SSSR count). The second-order valence-electron chi connectivity index (χ2n) is 5.25. The molecule has 0 fully saturated rings. The molecule has 0 amide bonds. The smallest absolute Gasteiger partial charge is 0.310 e. The highest BCUT2D eigenvalue weighted by Crippen LogP contribution is 2.27. The summed E-state index contributed by atoms with van der Waals surface area (Å²) in [6.45, 7) is 5.77. The van der Waals surface area contributed by atoms with Crippen molar-refractivity contribution in [2.45, 2.75) is 25.7 Å². The van der Waals surface area contributed by atoms with Crippen LogP contribution in [0.3, 0.4) is 0 Å². The van der Waals surface area contributed by atoms with Gasteiger partial charge in [-0.2, -0.15) is 0 Å². The Hall–Kier alpha value is -2.42. The first-order valence-electron chi connectivity index (χ1n) is 6.95. The Labute approximate surface area is 125 Å². The molecule has 0 unspecified atom stereocenters. The zero-order chi connectivity index (χ0) is 15.2. The topological polar surface area (TPSA) is 50.2 Å². The summed E-state index contributed by atoms with van der Waals surface area (Å²) in [4.78, 5) is 15.6. The molecule has 1 heterocycles. The van der Waals surface area contributed by atoms with Gasteiger partial charge >= 0.3 is 5.97 Å². The Balaban J connectivity index is 2.30. The van der Waals surface area contributed by atoms with E-state index in [2.05, 4.69) is 11.6 Å². The summed E-state index contributed by atoms with van der Waals surface area (Å²) in [5.74, 6) is -1.29. The van der Waals surface area contributed by atoms with E-state index in [4.69, 9.17) is 0 Å². The summed E-state index contributed by atoms with van der Waals surface area (Å²) in [7, 11) is 0. The van der Waals surface area contributed by atoms with Gasteiger partial charge in [-0.15, -0.1) is 6.58 Å². The van der Waals surface area contributed by atoms with Crippen molar-refractivity contribution in [3.05, 3.63) is 66.5 Å². The van der Waals surface area contributed by atoms with Gasteiger partial charge in [0.15, 0.2) is 0 Å². The standard InChI is InChI=1S/C18H19NO2/c1-13(2)8-9-17(18(20)21)15-6-3-5-14(11-15)16-7-4-10-19-12-16/h3-7,10-12,17H,1,8-9H2,2H3,(H,20,21)/t17-/m0/s1. The average Bonchev–Trinajstić information content (AvgIpc) is 2.48. The van der Waals surface area contributed by atoms with Crippen molar-refractivity contribution in [1.82, 2.24) is 4.98 Å². The molecule has 0 aliphatic rings. The van der Waals surface area contributed by atoms with Gasteiger partial charge in [-0.1, -0.05) is 35.9 Å². The van der Waals surface area contributed by atoms with Crippen LogP contribution in [0.5, 0.6) is 0 Å². The molecule has 3 nitrogen and oxygen atoms in total. The summed E-state index contributed by atoms with van der Waals surface area (Å²) >= 11 is 0. The van der Waals surface area contributed by atoms with Crippen LogP contribution in [0.4, 0.5) is 0 Å². The van der Waals surface area contributed by atoms with Crippen LogP contribution in [0, 0.1) is 0 Å². The van der Waals surface area contributed by atoms with Crippen molar-refractivity contribution in [3.63, 3.8) is 0 Å². The van der Waals surface area contributed by atoms with Crippen molar-refractivity contribution in [2.75, 3.05) is 0 Å². The first-order chi connectivity index (χ1) is 10.1. The molecule has 0 aliphatic carbocycles. The average molecular weight is 281 g/mol. The van der Waals surface area contributed by atoms with Crippen molar-refractivity contribution in [1.29, 1.82) is 0 Å². The molecule has 1 N–H and O–H groups in total. The predicted octanol–water partition coefficient (Wildman–Crippen LogP) is 4.27. The van der Waals surface area contributed by atoms with Crippen LogP contribution in [0.15, 0.2) is 60.9 Å². The molecular weight excluding hydrogens is 262 g/mol. The maximum absolute atomic E-state index is 11.5. The summed E-state index contributed by atoms with van der Waals surface area (Å²) in [6, 6.07) is 11.5. The van der Waals surface area contributed by atoms with Gasteiger partial charge in [0.05, 0.1) is 5.92 Å². The van der Waals surface area contributed by atoms with E-state index in [1.165, 1.54) is 0 Å². The third-order valence-corrected chi connectivity index (χ3v) is 3.44. The molecule has 108 valence electrons. The molecule has 21 heavy (non-hydrogen) atoms. The number of pyridine rings is 1. The number of aromatic nitrogens is 1. The molecule has 0 saturated heterocycles. The Kier molecular flexibility index (Phi) is 4.88. The minimum Gasteiger partial charge on any atom is -0.481 e. The van der Waals surface area contributed by atoms with Gasteiger partial charge in [-0.05, 0) is 42.5 Å². The fourth-order valence-corrected chi connectivity index (χ4v) is 2.29. The zero-order valence-corrected chi connectivity index (χ0v) is 12.1. The first-order valence-corrected chi connectivity index (χ1v) is 6.95. The van der Waals surface area contributed by atoms with Gasteiger partial charge in [0.25, 0.3) is 0 Å². The Morgan fingerprint density at radius 1 is 1.29 bits per heavy atom. The number of carboxylic acids is 1. The number of benzene rings is 1. The number of rotatable bonds is 6. The van der Waals surface area contributed by atoms with E-state index >= 15 is 0 Å².